The van der Waals surface area contributed by atoms with Crippen LogP contribution >= 0.6 is 23.2 Å². The lowest BCUT2D eigenvalue weighted by Crippen LogP contribution is -2.25. The van der Waals surface area contributed by atoms with Gasteiger partial charge in [-0.15, -0.1) is 0 Å². The number of carboxylic acids is 1. The fourth-order valence-electron chi connectivity index (χ4n) is 4.63. The van der Waals surface area contributed by atoms with E-state index >= 15 is 0 Å². The molecule has 0 saturated heterocycles. The van der Waals surface area contributed by atoms with Gasteiger partial charge in [-0.3, -0.25) is 19.1 Å². The first-order chi connectivity index (χ1) is 16.8. The SMILES string of the molecule is CC(C(=O)O)c1ccccc1-c1cc2c(cn1)ncc(=O)n2[C@H](C)c1c(Cl)ccc(C2CC2)c1Cl. The van der Waals surface area contributed by atoms with Crippen LogP contribution in [0.1, 0.15) is 61.3 Å². The van der Waals surface area contributed by atoms with Crippen molar-refractivity contribution >= 4 is 40.2 Å². The highest BCUT2D eigenvalue weighted by Crippen LogP contribution is 2.47. The molecule has 2 aromatic carbocycles. The van der Waals surface area contributed by atoms with Crippen LogP contribution in [0.5, 0.6) is 0 Å². The van der Waals surface area contributed by atoms with Crippen molar-refractivity contribution in [3.05, 3.63) is 91.9 Å². The Labute approximate surface area is 212 Å². The highest BCUT2D eigenvalue weighted by atomic mass is 35.5. The molecule has 0 spiro atoms. The number of aromatic nitrogens is 3. The first kappa shape index (κ1) is 23.5. The standard InChI is InChI=1S/C27H23Cl2N3O3/c1-14(27(34)35)17-5-3-4-6-19(17)21-11-23-22(12-30-21)31-13-24(33)32(23)15(2)25-20(28)10-9-18(26(25)29)16-7-8-16/h3-6,9-16H,7-8H2,1-2H3,(H,34,35)/t14?,15-/m1/s1. The zero-order valence-corrected chi connectivity index (χ0v) is 20.7. The van der Waals surface area contributed by atoms with Crippen LogP contribution in [0.25, 0.3) is 22.3 Å². The fraction of sp³-hybridized carbons (Fsp3) is 0.259. The molecule has 0 aliphatic heterocycles. The van der Waals surface area contributed by atoms with Gasteiger partial charge in [0.15, 0.2) is 0 Å². The number of hydrogen-bond acceptors (Lipinski definition) is 4. The Morgan fingerprint density at radius 1 is 1.09 bits per heavy atom. The van der Waals surface area contributed by atoms with Crippen molar-refractivity contribution < 1.29 is 9.90 Å². The van der Waals surface area contributed by atoms with E-state index in [0.29, 0.717) is 49.4 Å². The Bertz CT molecular complexity index is 1530. The summed E-state index contributed by atoms with van der Waals surface area (Å²) in [4.78, 5) is 33.6. The average Bonchev–Trinajstić information content (AvgIpc) is 3.68. The van der Waals surface area contributed by atoms with Crippen LogP contribution in [-0.2, 0) is 4.79 Å². The molecule has 4 aromatic rings. The second-order valence-electron chi connectivity index (χ2n) is 8.99. The van der Waals surface area contributed by atoms with Crippen molar-refractivity contribution in [3.8, 4) is 11.3 Å². The van der Waals surface area contributed by atoms with Crippen LogP contribution in [0.4, 0.5) is 0 Å². The maximum atomic E-state index is 13.1. The summed E-state index contributed by atoms with van der Waals surface area (Å²) >= 11 is 13.4. The third-order valence-corrected chi connectivity index (χ3v) is 7.48. The smallest absolute Gasteiger partial charge is 0.310 e. The van der Waals surface area contributed by atoms with Gasteiger partial charge in [0.2, 0.25) is 0 Å². The highest BCUT2D eigenvalue weighted by molar-refractivity contribution is 6.36. The second kappa shape index (κ2) is 9.10. The summed E-state index contributed by atoms with van der Waals surface area (Å²) in [5.41, 5.74) is 4.45. The Morgan fingerprint density at radius 2 is 1.83 bits per heavy atom. The fourth-order valence-corrected chi connectivity index (χ4v) is 5.47. The van der Waals surface area contributed by atoms with Gasteiger partial charge in [-0.1, -0.05) is 53.5 Å². The van der Waals surface area contributed by atoms with E-state index < -0.39 is 17.9 Å². The second-order valence-corrected chi connectivity index (χ2v) is 9.77. The van der Waals surface area contributed by atoms with Crippen LogP contribution in [-0.4, -0.2) is 25.6 Å². The molecule has 0 amide bonds. The van der Waals surface area contributed by atoms with E-state index in [9.17, 15) is 14.7 Å². The summed E-state index contributed by atoms with van der Waals surface area (Å²) in [6, 6.07) is 12.4. The number of carbonyl (C=O) groups is 1. The molecule has 0 radical (unpaired) electrons. The minimum absolute atomic E-state index is 0.293. The van der Waals surface area contributed by atoms with E-state index in [4.69, 9.17) is 23.2 Å². The largest absolute Gasteiger partial charge is 0.481 e. The molecular formula is C27H23Cl2N3O3. The monoisotopic (exact) mass is 507 g/mol. The maximum absolute atomic E-state index is 13.1. The highest BCUT2D eigenvalue weighted by Gasteiger charge is 2.29. The topological polar surface area (TPSA) is 85.1 Å². The van der Waals surface area contributed by atoms with Gasteiger partial charge in [-0.05, 0) is 55.9 Å². The minimum atomic E-state index is -0.926. The van der Waals surface area contributed by atoms with Gasteiger partial charge in [0.05, 0.1) is 40.6 Å². The lowest BCUT2D eigenvalue weighted by atomic mass is 9.93. The number of carboxylic acid groups (broad SMARTS) is 1. The van der Waals surface area contributed by atoms with Crippen LogP contribution in [0.3, 0.4) is 0 Å². The lowest BCUT2D eigenvalue weighted by molar-refractivity contribution is -0.138. The summed E-state index contributed by atoms with van der Waals surface area (Å²) in [7, 11) is 0. The third kappa shape index (κ3) is 4.21. The van der Waals surface area contributed by atoms with E-state index in [-0.39, 0.29) is 5.56 Å². The predicted molar refractivity (Wildman–Crippen MR) is 138 cm³/mol. The summed E-state index contributed by atoms with van der Waals surface area (Å²) in [5.74, 6) is -1.22. The van der Waals surface area contributed by atoms with Crippen molar-refractivity contribution in [1.82, 2.24) is 14.5 Å². The lowest BCUT2D eigenvalue weighted by Gasteiger charge is -2.22. The van der Waals surface area contributed by atoms with Crippen molar-refractivity contribution in [1.29, 1.82) is 0 Å². The van der Waals surface area contributed by atoms with Gasteiger partial charge in [0.1, 0.15) is 5.52 Å². The molecule has 35 heavy (non-hydrogen) atoms. The predicted octanol–water partition coefficient (Wildman–Crippen LogP) is 6.44. The van der Waals surface area contributed by atoms with Gasteiger partial charge < -0.3 is 5.11 Å². The Kier molecular flexibility index (Phi) is 6.11. The van der Waals surface area contributed by atoms with E-state index in [2.05, 4.69) is 9.97 Å². The van der Waals surface area contributed by atoms with E-state index in [1.807, 2.05) is 31.2 Å². The molecule has 5 rings (SSSR count). The summed E-state index contributed by atoms with van der Waals surface area (Å²) in [6.45, 7) is 3.53. The molecule has 2 atom stereocenters. The van der Waals surface area contributed by atoms with E-state index in [0.717, 1.165) is 18.4 Å². The Balaban J connectivity index is 1.70. The summed E-state index contributed by atoms with van der Waals surface area (Å²) < 4.78 is 1.63. The number of aliphatic carboxylic acids is 1. The zero-order valence-electron chi connectivity index (χ0n) is 19.2. The molecule has 2 heterocycles. The minimum Gasteiger partial charge on any atom is -0.481 e. The van der Waals surface area contributed by atoms with Gasteiger partial charge in [-0.25, -0.2) is 4.98 Å². The number of hydrogen-bond donors (Lipinski definition) is 1. The Morgan fingerprint density at radius 3 is 2.54 bits per heavy atom. The summed E-state index contributed by atoms with van der Waals surface area (Å²) in [6.07, 6.45) is 5.06. The number of fused-ring (bicyclic) bond motifs is 1. The third-order valence-electron chi connectivity index (χ3n) is 6.73. The summed E-state index contributed by atoms with van der Waals surface area (Å²) in [5, 5.41) is 10.7. The molecule has 2 aromatic heterocycles. The van der Waals surface area contributed by atoms with Crippen LogP contribution < -0.4 is 5.56 Å². The number of nitrogens with zero attached hydrogens (tertiary/aromatic N) is 3. The molecule has 1 N–H and O–H groups in total. The average molecular weight is 508 g/mol. The number of rotatable bonds is 6. The molecule has 1 saturated carbocycles. The molecule has 1 aliphatic carbocycles. The molecule has 8 heteroatoms. The van der Waals surface area contributed by atoms with Gasteiger partial charge in [0.25, 0.3) is 5.56 Å². The van der Waals surface area contributed by atoms with Crippen molar-refractivity contribution in [3.63, 3.8) is 0 Å². The zero-order chi connectivity index (χ0) is 24.9. The normalized spacial score (nSPS) is 15.2. The molecule has 0 bridgehead atoms. The Hall–Kier alpha value is -3.22. The van der Waals surface area contributed by atoms with Crippen molar-refractivity contribution in [2.24, 2.45) is 0 Å². The molecule has 1 aliphatic rings. The van der Waals surface area contributed by atoms with Gasteiger partial charge in [0, 0.05) is 16.1 Å². The maximum Gasteiger partial charge on any atom is 0.310 e. The number of pyridine rings is 1. The molecular weight excluding hydrogens is 485 g/mol. The van der Waals surface area contributed by atoms with Crippen molar-refractivity contribution in [2.45, 2.75) is 44.6 Å². The number of benzene rings is 2. The van der Waals surface area contributed by atoms with Crippen LogP contribution in [0.15, 0.2) is 59.7 Å². The van der Waals surface area contributed by atoms with E-state index in [1.54, 1.807) is 35.9 Å². The first-order valence-electron chi connectivity index (χ1n) is 11.4. The van der Waals surface area contributed by atoms with Crippen LogP contribution in [0, 0.1) is 0 Å². The molecule has 1 unspecified atom stereocenters. The molecule has 178 valence electrons. The molecule has 6 nitrogen and oxygen atoms in total. The molecule has 1 fully saturated rings. The van der Waals surface area contributed by atoms with Crippen LogP contribution in [0.2, 0.25) is 10.0 Å². The van der Waals surface area contributed by atoms with Crippen molar-refractivity contribution in [2.75, 3.05) is 0 Å². The quantitative estimate of drug-likeness (QED) is 0.324. The first-order valence-corrected chi connectivity index (χ1v) is 12.2. The van der Waals surface area contributed by atoms with Gasteiger partial charge >= 0.3 is 5.97 Å². The van der Waals surface area contributed by atoms with E-state index in [1.165, 1.54) is 6.20 Å². The van der Waals surface area contributed by atoms with Gasteiger partial charge in [-0.2, -0.15) is 0 Å². The number of halogens is 2.